The molecule has 0 saturated carbocycles. The molecule has 0 aliphatic heterocycles. The molecular formula is C9H9N3O2. The number of nitrogens with zero attached hydrogens (tertiary/aromatic N) is 1. The highest BCUT2D eigenvalue weighted by molar-refractivity contribution is 5.89. The topological polar surface area (TPSA) is 78.0 Å². The number of nitrogens with one attached hydrogen (secondary N) is 2. The van der Waals surface area contributed by atoms with Gasteiger partial charge in [-0.05, 0) is 24.6 Å². The minimum atomic E-state index is -1.07. The van der Waals surface area contributed by atoms with Crippen molar-refractivity contribution in [2.24, 2.45) is 0 Å². The van der Waals surface area contributed by atoms with Crippen molar-refractivity contribution in [3.63, 3.8) is 0 Å². The summed E-state index contributed by atoms with van der Waals surface area (Å²) >= 11 is 0. The van der Waals surface area contributed by atoms with Crippen molar-refractivity contribution in [1.82, 2.24) is 9.97 Å². The van der Waals surface area contributed by atoms with Gasteiger partial charge in [0, 0.05) is 5.69 Å². The van der Waals surface area contributed by atoms with Gasteiger partial charge in [-0.1, -0.05) is 0 Å². The molecule has 0 saturated heterocycles. The monoisotopic (exact) mass is 191 g/mol. The summed E-state index contributed by atoms with van der Waals surface area (Å²) in [5, 5.41) is 10.8. The van der Waals surface area contributed by atoms with Gasteiger partial charge in [-0.2, -0.15) is 0 Å². The Balaban J connectivity index is 2.53. The van der Waals surface area contributed by atoms with Crippen molar-refractivity contribution in [3.05, 3.63) is 24.0 Å². The van der Waals surface area contributed by atoms with Crippen LogP contribution in [0, 0.1) is 6.92 Å². The molecule has 5 nitrogen and oxygen atoms in total. The Morgan fingerprint density at radius 3 is 3.07 bits per heavy atom. The van der Waals surface area contributed by atoms with E-state index in [1.54, 1.807) is 18.5 Å². The molecule has 1 heterocycles. The number of imidazole rings is 1. The number of hydrogen-bond acceptors (Lipinski definition) is 2. The first kappa shape index (κ1) is 8.55. The van der Waals surface area contributed by atoms with Crippen LogP contribution in [0.25, 0.3) is 11.0 Å². The van der Waals surface area contributed by atoms with E-state index < -0.39 is 6.09 Å². The maximum absolute atomic E-state index is 10.4. The van der Waals surface area contributed by atoms with Crippen LogP contribution in [0.3, 0.4) is 0 Å². The summed E-state index contributed by atoms with van der Waals surface area (Å²) in [7, 11) is 0. The zero-order valence-electron chi connectivity index (χ0n) is 7.53. The number of rotatable bonds is 1. The van der Waals surface area contributed by atoms with Crippen LogP contribution in [0.1, 0.15) is 5.56 Å². The summed E-state index contributed by atoms with van der Waals surface area (Å²) in [5.41, 5.74) is 3.17. The summed E-state index contributed by atoms with van der Waals surface area (Å²) in [6.07, 6.45) is 0.519. The molecule has 5 heteroatoms. The first-order valence-electron chi connectivity index (χ1n) is 4.10. The van der Waals surface area contributed by atoms with E-state index in [1.807, 2.05) is 6.92 Å². The Morgan fingerprint density at radius 1 is 1.57 bits per heavy atom. The average molecular weight is 191 g/mol. The SMILES string of the molecule is Cc1cc(NC(=O)O)cc2[nH]cnc12. The van der Waals surface area contributed by atoms with Crippen LogP contribution in [-0.4, -0.2) is 21.2 Å². The molecule has 1 aromatic carbocycles. The van der Waals surface area contributed by atoms with Crippen molar-refractivity contribution in [1.29, 1.82) is 0 Å². The number of aryl methyl sites for hydroxylation is 1. The third kappa shape index (κ3) is 1.39. The van der Waals surface area contributed by atoms with E-state index in [4.69, 9.17) is 5.11 Å². The molecule has 1 amide bonds. The quantitative estimate of drug-likeness (QED) is 0.644. The van der Waals surface area contributed by atoms with Gasteiger partial charge in [0.05, 0.1) is 17.4 Å². The molecule has 0 unspecified atom stereocenters. The second-order valence-corrected chi connectivity index (χ2v) is 3.02. The van der Waals surface area contributed by atoms with Crippen LogP contribution in [-0.2, 0) is 0 Å². The average Bonchev–Trinajstić information content (AvgIpc) is 2.50. The lowest BCUT2D eigenvalue weighted by atomic mass is 10.2. The van der Waals surface area contributed by atoms with Gasteiger partial charge in [0.1, 0.15) is 0 Å². The second-order valence-electron chi connectivity index (χ2n) is 3.02. The van der Waals surface area contributed by atoms with Crippen LogP contribution in [0.5, 0.6) is 0 Å². The van der Waals surface area contributed by atoms with E-state index in [1.165, 1.54) is 0 Å². The van der Waals surface area contributed by atoms with Gasteiger partial charge in [0.15, 0.2) is 0 Å². The lowest BCUT2D eigenvalue weighted by Gasteiger charge is -2.02. The summed E-state index contributed by atoms with van der Waals surface area (Å²) in [4.78, 5) is 17.5. The molecule has 0 aliphatic carbocycles. The standard InChI is InChI=1S/C9H9N3O2/c1-5-2-6(12-9(13)14)3-7-8(5)11-4-10-7/h2-4,12H,1H3,(H,10,11)(H,13,14). The molecule has 0 fully saturated rings. The number of aromatic amines is 1. The Bertz CT molecular complexity index is 490. The van der Waals surface area contributed by atoms with Gasteiger partial charge < -0.3 is 10.1 Å². The fourth-order valence-corrected chi connectivity index (χ4v) is 1.42. The number of anilines is 1. The predicted octanol–water partition coefficient (Wildman–Crippen LogP) is 1.96. The number of fused-ring (bicyclic) bond motifs is 1. The largest absolute Gasteiger partial charge is 0.465 e. The van der Waals surface area contributed by atoms with Gasteiger partial charge >= 0.3 is 6.09 Å². The number of benzene rings is 1. The number of carboxylic acid groups (broad SMARTS) is 1. The smallest absolute Gasteiger partial charge is 0.409 e. The van der Waals surface area contributed by atoms with Crippen molar-refractivity contribution in [2.45, 2.75) is 6.92 Å². The highest BCUT2D eigenvalue weighted by atomic mass is 16.4. The number of hydrogen-bond donors (Lipinski definition) is 3. The van der Waals surface area contributed by atoms with Crippen LogP contribution in [0.2, 0.25) is 0 Å². The minimum Gasteiger partial charge on any atom is -0.465 e. The maximum atomic E-state index is 10.4. The van der Waals surface area contributed by atoms with E-state index in [-0.39, 0.29) is 0 Å². The highest BCUT2D eigenvalue weighted by Crippen LogP contribution is 2.20. The summed E-state index contributed by atoms with van der Waals surface area (Å²) < 4.78 is 0. The molecule has 2 rings (SSSR count). The molecule has 0 radical (unpaired) electrons. The zero-order valence-corrected chi connectivity index (χ0v) is 7.53. The number of amides is 1. The maximum Gasteiger partial charge on any atom is 0.409 e. The molecular weight excluding hydrogens is 182 g/mol. The van der Waals surface area contributed by atoms with Crippen LogP contribution >= 0.6 is 0 Å². The third-order valence-electron chi connectivity index (χ3n) is 1.97. The Hall–Kier alpha value is -2.04. The molecule has 2 aromatic rings. The molecule has 0 spiro atoms. The molecule has 0 bridgehead atoms. The fourth-order valence-electron chi connectivity index (χ4n) is 1.42. The summed E-state index contributed by atoms with van der Waals surface area (Å²) in [5.74, 6) is 0. The summed E-state index contributed by atoms with van der Waals surface area (Å²) in [6.45, 7) is 1.89. The van der Waals surface area contributed by atoms with Crippen molar-refractivity contribution in [3.8, 4) is 0 Å². The fraction of sp³-hybridized carbons (Fsp3) is 0.111. The van der Waals surface area contributed by atoms with Crippen LogP contribution < -0.4 is 5.32 Å². The van der Waals surface area contributed by atoms with Crippen molar-refractivity contribution >= 4 is 22.8 Å². The lowest BCUT2D eigenvalue weighted by Crippen LogP contribution is -2.07. The highest BCUT2D eigenvalue weighted by Gasteiger charge is 2.04. The molecule has 0 atom stereocenters. The van der Waals surface area contributed by atoms with Gasteiger partial charge in [-0.3, -0.25) is 5.32 Å². The summed E-state index contributed by atoms with van der Waals surface area (Å²) in [6, 6.07) is 3.46. The van der Waals surface area contributed by atoms with E-state index in [2.05, 4.69) is 15.3 Å². The molecule has 0 aliphatic rings. The first-order chi connectivity index (χ1) is 6.66. The second kappa shape index (κ2) is 3.02. The van der Waals surface area contributed by atoms with Gasteiger partial charge in [0.2, 0.25) is 0 Å². The Labute approximate surface area is 79.8 Å². The molecule has 3 N–H and O–H groups in total. The Kier molecular flexibility index (Phi) is 1.85. The van der Waals surface area contributed by atoms with E-state index in [0.717, 1.165) is 16.6 Å². The lowest BCUT2D eigenvalue weighted by molar-refractivity contribution is 0.210. The number of carbonyl (C=O) groups is 1. The van der Waals surface area contributed by atoms with Gasteiger partial charge in [-0.15, -0.1) is 0 Å². The van der Waals surface area contributed by atoms with Crippen LogP contribution in [0.15, 0.2) is 18.5 Å². The number of H-pyrrole nitrogens is 1. The van der Waals surface area contributed by atoms with Gasteiger partial charge in [0.25, 0.3) is 0 Å². The van der Waals surface area contributed by atoms with Crippen LogP contribution in [0.4, 0.5) is 10.5 Å². The van der Waals surface area contributed by atoms with Crippen molar-refractivity contribution in [2.75, 3.05) is 5.32 Å². The predicted molar refractivity (Wildman–Crippen MR) is 52.5 cm³/mol. The molecule has 72 valence electrons. The minimum absolute atomic E-state index is 0.548. The number of aromatic nitrogens is 2. The van der Waals surface area contributed by atoms with Crippen molar-refractivity contribution < 1.29 is 9.90 Å². The first-order valence-corrected chi connectivity index (χ1v) is 4.10. The van der Waals surface area contributed by atoms with E-state index >= 15 is 0 Å². The van der Waals surface area contributed by atoms with E-state index in [9.17, 15) is 4.79 Å². The zero-order chi connectivity index (χ0) is 10.1. The molecule has 1 aromatic heterocycles. The van der Waals surface area contributed by atoms with Gasteiger partial charge in [-0.25, -0.2) is 9.78 Å². The Morgan fingerprint density at radius 2 is 2.36 bits per heavy atom. The third-order valence-corrected chi connectivity index (χ3v) is 1.97. The normalized spacial score (nSPS) is 10.4. The molecule has 14 heavy (non-hydrogen) atoms. The van der Waals surface area contributed by atoms with E-state index in [0.29, 0.717) is 5.69 Å².